The molecule has 156 valence electrons. The number of carbonyl (C=O) groups is 1. The molecule has 1 aromatic heterocycles. The van der Waals surface area contributed by atoms with E-state index < -0.39 is 0 Å². The first-order valence-electron chi connectivity index (χ1n) is 10.2. The van der Waals surface area contributed by atoms with Crippen LogP contribution in [0.15, 0.2) is 77.9 Å². The Labute approximate surface area is 182 Å². The fourth-order valence-corrected chi connectivity index (χ4v) is 3.71. The van der Waals surface area contributed by atoms with Crippen LogP contribution >= 0.6 is 0 Å². The van der Waals surface area contributed by atoms with Crippen molar-refractivity contribution in [1.82, 2.24) is 9.99 Å². The molecule has 0 fully saturated rings. The Morgan fingerprint density at radius 1 is 1.03 bits per heavy atom. The minimum Gasteiger partial charge on any atom is -0.483 e. The number of nitrogens with zero attached hydrogens (tertiary/aromatic N) is 2. The summed E-state index contributed by atoms with van der Waals surface area (Å²) in [5.41, 5.74) is 8.86. The van der Waals surface area contributed by atoms with Gasteiger partial charge in [-0.05, 0) is 42.7 Å². The number of benzene rings is 3. The van der Waals surface area contributed by atoms with E-state index in [1.54, 1.807) is 6.21 Å². The molecular weight excluding hydrogens is 386 g/mol. The molecule has 0 saturated heterocycles. The van der Waals surface area contributed by atoms with E-state index in [0.29, 0.717) is 5.75 Å². The Bertz CT molecular complexity index is 1260. The second-order valence-electron chi connectivity index (χ2n) is 7.56. The molecule has 4 rings (SSSR count). The molecule has 0 unspecified atom stereocenters. The van der Waals surface area contributed by atoms with Gasteiger partial charge >= 0.3 is 0 Å². The predicted octanol–water partition coefficient (Wildman–Crippen LogP) is 4.99. The fraction of sp³-hybridized carbons (Fsp3) is 0.154. The van der Waals surface area contributed by atoms with Gasteiger partial charge in [-0.3, -0.25) is 4.79 Å². The Balaban J connectivity index is 1.54. The van der Waals surface area contributed by atoms with Gasteiger partial charge in [-0.25, -0.2) is 5.43 Å². The molecule has 4 aromatic rings. The topological polar surface area (TPSA) is 55.6 Å². The molecule has 0 aliphatic carbocycles. The average molecular weight is 412 g/mol. The molecule has 0 aliphatic heterocycles. The maximum atomic E-state index is 12.3. The maximum Gasteiger partial charge on any atom is 0.277 e. The van der Waals surface area contributed by atoms with Gasteiger partial charge in [0, 0.05) is 23.5 Å². The minimum atomic E-state index is -0.307. The van der Waals surface area contributed by atoms with Crippen LogP contribution in [0.1, 0.15) is 16.7 Å². The minimum absolute atomic E-state index is 0.0945. The van der Waals surface area contributed by atoms with Crippen molar-refractivity contribution in [2.24, 2.45) is 12.1 Å². The van der Waals surface area contributed by atoms with Crippen molar-refractivity contribution < 1.29 is 9.53 Å². The Hall–Kier alpha value is -3.86. The third-order valence-electron chi connectivity index (χ3n) is 5.28. The van der Waals surface area contributed by atoms with Gasteiger partial charge in [-0.1, -0.05) is 60.7 Å². The molecular formula is C26H25N3O2. The third kappa shape index (κ3) is 4.36. The van der Waals surface area contributed by atoms with Crippen LogP contribution in [0.3, 0.4) is 0 Å². The number of carbonyl (C=O) groups excluding carboxylic acids is 1. The smallest absolute Gasteiger partial charge is 0.277 e. The monoisotopic (exact) mass is 411 g/mol. The molecule has 1 N–H and O–H groups in total. The quantitative estimate of drug-likeness (QED) is 0.359. The Kier molecular flexibility index (Phi) is 5.85. The lowest BCUT2D eigenvalue weighted by atomic mass is 10.1. The van der Waals surface area contributed by atoms with Gasteiger partial charge in [0.15, 0.2) is 6.61 Å². The van der Waals surface area contributed by atoms with Gasteiger partial charge < -0.3 is 9.30 Å². The van der Waals surface area contributed by atoms with E-state index in [-0.39, 0.29) is 12.5 Å². The van der Waals surface area contributed by atoms with Crippen LogP contribution in [0.25, 0.3) is 22.2 Å². The van der Waals surface area contributed by atoms with E-state index in [1.807, 2.05) is 69.4 Å². The van der Waals surface area contributed by atoms with Crippen LogP contribution in [0.4, 0.5) is 0 Å². The van der Waals surface area contributed by atoms with Gasteiger partial charge in [0.2, 0.25) is 0 Å². The molecule has 0 aliphatic rings. The number of fused-ring (bicyclic) bond motifs is 1. The lowest BCUT2D eigenvalue weighted by Crippen LogP contribution is -2.24. The largest absolute Gasteiger partial charge is 0.483 e. The maximum absolute atomic E-state index is 12.3. The van der Waals surface area contributed by atoms with Crippen molar-refractivity contribution in [3.8, 4) is 17.0 Å². The number of hydrogen-bond donors (Lipinski definition) is 1. The highest BCUT2D eigenvalue weighted by atomic mass is 16.5. The highest BCUT2D eigenvalue weighted by molar-refractivity contribution is 6.06. The molecule has 1 amide bonds. The normalized spacial score (nSPS) is 11.2. The lowest BCUT2D eigenvalue weighted by molar-refractivity contribution is -0.123. The molecule has 0 saturated carbocycles. The molecule has 0 atom stereocenters. The SMILES string of the molecule is Cc1ccc(C)c(OCC(=O)NN=Cc2c(-c3ccccc3)n(C)c3ccccc23)c1. The van der Waals surface area contributed by atoms with Gasteiger partial charge in [0.05, 0.1) is 11.9 Å². The van der Waals surface area contributed by atoms with E-state index in [2.05, 4.69) is 39.4 Å². The van der Waals surface area contributed by atoms with Crippen LogP contribution < -0.4 is 10.2 Å². The van der Waals surface area contributed by atoms with Gasteiger partial charge in [0.25, 0.3) is 5.91 Å². The summed E-state index contributed by atoms with van der Waals surface area (Å²) in [5, 5.41) is 5.30. The molecule has 0 bridgehead atoms. The predicted molar refractivity (Wildman–Crippen MR) is 126 cm³/mol. The molecule has 0 spiro atoms. The first kappa shape index (κ1) is 20.4. The first-order valence-corrected chi connectivity index (χ1v) is 10.2. The summed E-state index contributed by atoms with van der Waals surface area (Å²) in [6.45, 7) is 3.85. The Morgan fingerprint density at radius 2 is 1.77 bits per heavy atom. The van der Waals surface area contributed by atoms with E-state index in [1.165, 1.54) is 0 Å². The summed E-state index contributed by atoms with van der Waals surface area (Å²) in [4.78, 5) is 12.3. The highest BCUT2D eigenvalue weighted by Gasteiger charge is 2.15. The van der Waals surface area contributed by atoms with Crippen molar-refractivity contribution in [2.75, 3.05) is 6.61 Å². The lowest BCUT2D eigenvalue weighted by Gasteiger charge is -2.09. The van der Waals surface area contributed by atoms with Crippen LogP contribution in [0, 0.1) is 13.8 Å². The summed E-state index contributed by atoms with van der Waals surface area (Å²) >= 11 is 0. The van der Waals surface area contributed by atoms with E-state index >= 15 is 0 Å². The van der Waals surface area contributed by atoms with Crippen molar-refractivity contribution in [2.45, 2.75) is 13.8 Å². The number of para-hydroxylation sites is 1. The van der Waals surface area contributed by atoms with Crippen LogP contribution in [0.5, 0.6) is 5.75 Å². The van der Waals surface area contributed by atoms with Gasteiger partial charge in [-0.15, -0.1) is 0 Å². The first-order chi connectivity index (χ1) is 15.0. The zero-order valence-electron chi connectivity index (χ0n) is 17.9. The molecule has 5 nitrogen and oxygen atoms in total. The number of amides is 1. The van der Waals surface area contributed by atoms with Crippen molar-refractivity contribution in [3.63, 3.8) is 0 Å². The Morgan fingerprint density at radius 3 is 2.58 bits per heavy atom. The third-order valence-corrected chi connectivity index (χ3v) is 5.28. The second kappa shape index (κ2) is 8.88. The standard InChI is InChI=1S/C26H25N3O2/c1-18-13-14-19(2)24(15-18)31-17-25(30)28-27-16-22-21-11-7-8-12-23(21)29(3)26(22)20-9-5-4-6-10-20/h4-16H,17H2,1-3H3,(H,28,30). The molecule has 3 aromatic carbocycles. The van der Waals surface area contributed by atoms with Crippen LogP contribution in [0.2, 0.25) is 0 Å². The van der Waals surface area contributed by atoms with E-state index in [9.17, 15) is 4.79 Å². The summed E-state index contributed by atoms with van der Waals surface area (Å²) in [6, 6.07) is 24.3. The van der Waals surface area contributed by atoms with Crippen LogP contribution in [-0.2, 0) is 11.8 Å². The zero-order chi connectivity index (χ0) is 21.8. The zero-order valence-corrected chi connectivity index (χ0v) is 17.9. The summed E-state index contributed by atoms with van der Waals surface area (Å²) in [7, 11) is 2.04. The molecule has 5 heteroatoms. The molecule has 0 radical (unpaired) electrons. The number of rotatable bonds is 6. The van der Waals surface area contributed by atoms with E-state index in [4.69, 9.17) is 4.74 Å². The van der Waals surface area contributed by atoms with Gasteiger partial charge in [0.1, 0.15) is 5.75 Å². The summed E-state index contributed by atoms with van der Waals surface area (Å²) in [5.74, 6) is 0.401. The molecule has 1 heterocycles. The fourth-order valence-electron chi connectivity index (χ4n) is 3.71. The number of hydrogen-bond acceptors (Lipinski definition) is 3. The van der Waals surface area contributed by atoms with Crippen molar-refractivity contribution in [1.29, 1.82) is 0 Å². The van der Waals surface area contributed by atoms with Crippen molar-refractivity contribution >= 4 is 23.0 Å². The summed E-state index contributed by atoms with van der Waals surface area (Å²) in [6.07, 6.45) is 1.71. The molecule has 31 heavy (non-hydrogen) atoms. The number of nitrogens with one attached hydrogen (secondary N) is 1. The number of aromatic nitrogens is 1. The second-order valence-corrected chi connectivity index (χ2v) is 7.56. The number of aryl methyl sites for hydroxylation is 3. The van der Waals surface area contributed by atoms with Crippen LogP contribution in [-0.4, -0.2) is 23.3 Å². The van der Waals surface area contributed by atoms with Gasteiger partial charge in [-0.2, -0.15) is 5.10 Å². The average Bonchev–Trinajstić information content (AvgIpc) is 3.07. The number of ether oxygens (including phenoxy) is 1. The van der Waals surface area contributed by atoms with Crippen molar-refractivity contribution in [3.05, 3.63) is 89.5 Å². The highest BCUT2D eigenvalue weighted by Crippen LogP contribution is 2.31. The van der Waals surface area contributed by atoms with E-state index in [0.717, 1.165) is 38.9 Å². The summed E-state index contributed by atoms with van der Waals surface area (Å²) < 4.78 is 7.81. The number of hydrazone groups is 1.